The zero-order chi connectivity index (χ0) is 23.3. The fourth-order valence-electron chi connectivity index (χ4n) is 2.93. The average Bonchev–Trinajstić information content (AvgIpc) is 2.74. The van der Waals surface area contributed by atoms with E-state index < -0.39 is 16.1 Å². The molecular formula is C23H26N4O4S. The smallest absolute Gasteiger partial charge is 0.265 e. The largest absolute Gasteiger partial charge is 0.480 e. The van der Waals surface area contributed by atoms with Crippen LogP contribution in [0, 0.1) is 20.8 Å². The Bertz CT molecular complexity index is 1210. The fourth-order valence-corrected chi connectivity index (χ4v) is 3.88. The van der Waals surface area contributed by atoms with E-state index in [4.69, 9.17) is 4.74 Å². The molecule has 2 aromatic carbocycles. The second-order valence-corrected chi connectivity index (χ2v) is 9.11. The maximum Gasteiger partial charge on any atom is 0.265 e. The molecular weight excluding hydrogens is 428 g/mol. The van der Waals surface area contributed by atoms with Gasteiger partial charge in [-0.3, -0.25) is 4.79 Å². The number of aromatic nitrogens is 2. The van der Waals surface area contributed by atoms with Crippen LogP contribution < -0.4 is 14.8 Å². The van der Waals surface area contributed by atoms with Crippen molar-refractivity contribution in [3.05, 3.63) is 71.5 Å². The Labute approximate surface area is 188 Å². The van der Waals surface area contributed by atoms with Gasteiger partial charge in [-0.2, -0.15) is 0 Å². The molecule has 0 spiro atoms. The van der Waals surface area contributed by atoms with Crippen molar-refractivity contribution in [2.24, 2.45) is 0 Å². The number of carbonyl (C=O) groups is 1. The van der Waals surface area contributed by atoms with Gasteiger partial charge in [-0.15, -0.1) is 0 Å². The highest BCUT2D eigenvalue weighted by molar-refractivity contribution is 7.92. The van der Waals surface area contributed by atoms with Crippen molar-refractivity contribution in [1.29, 1.82) is 0 Å². The zero-order valence-corrected chi connectivity index (χ0v) is 19.2. The predicted molar refractivity (Wildman–Crippen MR) is 123 cm³/mol. The molecule has 1 heterocycles. The Balaban J connectivity index is 1.68. The normalized spacial score (nSPS) is 12.1. The van der Waals surface area contributed by atoms with Crippen molar-refractivity contribution in [2.75, 3.05) is 10.0 Å². The number of amides is 1. The van der Waals surface area contributed by atoms with Crippen molar-refractivity contribution in [1.82, 2.24) is 9.97 Å². The molecule has 9 heteroatoms. The number of carbonyl (C=O) groups excluding carboxylic acids is 1. The zero-order valence-electron chi connectivity index (χ0n) is 18.4. The van der Waals surface area contributed by atoms with E-state index in [0.29, 0.717) is 23.6 Å². The summed E-state index contributed by atoms with van der Waals surface area (Å²) in [6, 6.07) is 13.4. The molecule has 1 aromatic heterocycles. The SMILES string of the molecule is CC[C@H](Oc1cc(C)ccc1C)C(=O)Nc1ccc(S(=O)(=O)Nc2nccc(C)n2)cc1. The third-order valence-corrected chi connectivity index (χ3v) is 6.07. The monoisotopic (exact) mass is 454 g/mol. The van der Waals surface area contributed by atoms with Crippen molar-refractivity contribution in [3.8, 4) is 5.75 Å². The highest BCUT2D eigenvalue weighted by Gasteiger charge is 2.20. The summed E-state index contributed by atoms with van der Waals surface area (Å²) in [6.45, 7) is 7.49. The molecule has 0 aliphatic rings. The average molecular weight is 455 g/mol. The number of hydrogen-bond acceptors (Lipinski definition) is 6. The van der Waals surface area contributed by atoms with Crippen molar-refractivity contribution in [2.45, 2.75) is 45.1 Å². The lowest BCUT2D eigenvalue weighted by Crippen LogP contribution is -2.32. The van der Waals surface area contributed by atoms with Gasteiger partial charge in [0.05, 0.1) is 4.90 Å². The van der Waals surface area contributed by atoms with Gasteiger partial charge >= 0.3 is 0 Å². The van der Waals surface area contributed by atoms with Gasteiger partial charge in [0.25, 0.3) is 15.9 Å². The van der Waals surface area contributed by atoms with Crippen LogP contribution in [-0.2, 0) is 14.8 Å². The Morgan fingerprint density at radius 3 is 2.44 bits per heavy atom. The van der Waals surface area contributed by atoms with Gasteiger partial charge in [0.2, 0.25) is 5.95 Å². The quantitative estimate of drug-likeness (QED) is 0.532. The number of nitrogens with zero attached hydrogens (tertiary/aromatic N) is 2. The number of benzene rings is 2. The lowest BCUT2D eigenvalue weighted by molar-refractivity contribution is -0.122. The second-order valence-electron chi connectivity index (χ2n) is 7.42. The summed E-state index contributed by atoms with van der Waals surface area (Å²) in [4.78, 5) is 20.7. The summed E-state index contributed by atoms with van der Waals surface area (Å²) in [7, 11) is -3.86. The first kappa shape index (κ1) is 23.2. The summed E-state index contributed by atoms with van der Waals surface area (Å²) < 4.78 is 33.4. The lowest BCUT2D eigenvalue weighted by atomic mass is 10.1. The summed E-state index contributed by atoms with van der Waals surface area (Å²) in [6.07, 6.45) is 1.27. The van der Waals surface area contributed by atoms with Crippen LogP contribution in [0.15, 0.2) is 59.6 Å². The maximum atomic E-state index is 12.7. The lowest BCUT2D eigenvalue weighted by Gasteiger charge is -2.19. The molecule has 1 atom stereocenters. The molecule has 1 amide bonds. The number of nitrogens with one attached hydrogen (secondary N) is 2. The van der Waals surface area contributed by atoms with Crippen LogP contribution in [0.3, 0.4) is 0 Å². The van der Waals surface area contributed by atoms with Gasteiger partial charge in [-0.25, -0.2) is 23.1 Å². The molecule has 8 nitrogen and oxygen atoms in total. The number of anilines is 2. The van der Waals surface area contributed by atoms with Crippen LogP contribution in [0.5, 0.6) is 5.75 Å². The van der Waals surface area contributed by atoms with E-state index in [1.807, 2.05) is 39.0 Å². The summed E-state index contributed by atoms with van der Waals surface area (Å²) in [5.74, 6) is 0.352. The number of aryl methyl sites for hydroxylation is 3. The van der Waals surface area contributed by atoms with E-state index in [1.54, 1.807) is 13.0 Å². The highest BCUT2D eigenvalue weighted by atomic mass is 32.2. The van der Waals surface area contributed by atoms with Crippen molar-refractivity contribution < 1.29 is 17.9 Å². The van der Waals surface area contributed by atoms with Gasteiger partial charge in [-0.05, 0) is 74.7 Å². The number of ether oxygens (including phenoxy) is 1. The minimum Gasteiger partial charge on any atom is -0.480 e. The Hall–Kier alpha value is -3.46. The van der Waals surface area contributed by atoms with Crippen LogP contribution in [0.2, 0.25) is 0 Å². The molecule has 0 unspecified atom stereocenters. The first-order valence-corrected chi connectivity index (χ1v) is 11.6. The van der Waals surface area contributed by atoms with Gasteiger partial charge in [0.15, 0.2) is 6.10 Å². The maximum absolute atomic E-state index is 12.7. The Kier molecular flexibility index (Phi) is 7.09. The topological polar surface area (TPSA) is 110 Å². The van der Waals surface area contributed by atoms with Gasteiger partial charge in [0.1, 0.15) is 5.75 Å². The van der Waals surface area contributed by atoms with Crippen LogP contribution in [0.4, 0.5) is 11.6 Å². The van der Waals surface area contributed by atoms with Crippen molar-refractivity contribution in [3.63, 3.8) is 0 Å². The molecule has 3 aromatic rings. The number of hydrogen-bond donors (Lipinski definition) is 2. The van der Waals surface area contributed by atoms with Crippen LogP contribution in [0.1, 0.15) is 30.2 Å². The first-order chi connectivity index (χ1) is 15.2. The van der Waals surface area contributed by atoms with Gasteiger partial charge in [0, 0.05) is 17.6 Å². The van der Waals surface area contributed by atoms with E-state index in [-0.39, 0.29) is 16.8 Å². The number of rotatable bonds is 8. The van der Waals surface area contributed by atoms with E-state index in [1.165, 1.54) is 30.5 Å². The Morgan fingerprint density at radius 1 is 1.06 bits per heavy atom. The molecule has 32 heavy (non-hydrogen) atoms. The predicted octanol–water partition coefficient (Wildman–Crippen LogP) is 4.00. The van der Waals surface area contributed by atoms with Gasteiger partial charge in [-0.1, -0.05) is 19.1 Å². The first-order valence-electron chi connectivity index (χ1n) is 10.1. The third kappa shape index (κ3) is 5.82. The van der Waals surface area contributed by atoms with Crippen LogP contribution >= 0.6 is 0 Å². The molecule has 3 rings (SSSR count). The van der Waals surface area contributed by atoms with Gasteiger partial charge < -0.3 is 10.1 Å². The molecule has 168 valence electrons. The van der Waals surface area contributed by atoms with Crippen LogP contribution in [0.25, 0.3) is 0 Å². The summed E-state index contributed by atoms with van der Waals surface area (Å²) in [5.41, 5.74) is 3.09. The molecule has 0 saturated heterocycles. The number of sulfonamides is 1. The van der Waals surface area contributed by atoms with E-state index in [2.05, 4.69) is 20.0 Å². The molecule has 0 fully saturated rings. The molecule has 0 aliphatic heterocycles. The summed E-state index contributed by atoms with van der Waals surface area (Å²) >= 11 is 0. The molecule has 0 saturated carbocycles. The molecule has 0 aliphatic carbocycles. The minimum atomic E-state index is -3.86. The molecule has 2 N–H and O–H groups in total. The Morgan fingerprint density at radius 2 is 1.78 bits per heavy atom. The minimum absolute atomic E-state index is 0.00300. The van der Waals surface area contributed by atoms with Crippen LogP contribution in [-0.4, -0.2) is 30.4 Å². The molecule has 0 bridgehead atoms. The van der Waals surface area contributed by atoms with E-state index in [0.717, 1.165) is 11.1 Å². The van der Waals surface area contributed by atoms with Crippen molar-refractivity contribution >= 4 is 27.6 Å². The standard InChI is InChI=1S/C23H26N4O4S/c1-5-20(31-21-14-15(2)6-7-16(21)3)22(28)26-18-8-10-19(11-9-18)32(29,30)27-23-24-13-12-17(4)25-23/h6-14,20H,5H2,1-4H3,(H,26,28)(H,24,25,27)/t20-/m0/s1. The van der Waals surface area contributed by atoms with E-state index in [9.17, 15) is 13.2 Å². The third-order valence-electron chi connectivity index (χ3n) is 4.73. The fraction of sp³-hybridized carbons (Fsp3) is 0.261. The molecule has 0 radical (unpaired) electrons. The highest BCUT2D eigenvalue weighted by Crippen LogP contribution is 2.22. The second kappa shape index (κ2) is 9.78. The van der Waals surface area contributed by atoms with E-state index >= 15 is 0 Å². The summed E-state index contributed by atoms with van der Waals surface area (Å²) in [5, 5.41) is 2.78.